The van der Waals surface area contributed by atoms with Crippen molar-refractivity contribution in [3.63, 3.8) is 0 Å². The fourth-order valence-electron chi connectivity index (χ4n) is 3.21. The minimum Gasteiger partial charge on any atom is -0.444 e. The average molecular weight is 383 g/mol. The second-order valence-corrected chi connectivity index (χ2v) is 8.07. The molecule has 7 heteroatoms. The highest BCUT2D eigenvalue weighted by atomic mass is 16.6. The van der Waals surface area contributed by atoms with Crippen molar-refractivity contribution in [3.05, 3.63) is 41.7 Å². The first-order valence-electron chi connectivity index (χ1n) is 9.62. The molecule has 28 heavy (non-hydrogen) atoms. The van der Waals surface area contributed by atoms with Gasteiger partial charge in [0.1, 0.15) is 5.60 Å². The van der Waals surface area contributed by atoms with Gasteiger partial charge in [-0.2, -0.15) is 0 Å². The zero-order valence-corrected chi connectivity index (χ0v) is 17.3. The highest BCUT2D eigenvalue weighted by molar-refractivity contribution is 5.74. The van der Waals surface area contributed by atoms with Gasteiger partial charge in [0.15, 0.2) is 0 Å². The van der Waals surface area contributed by atoms with Gasteiger partial charge in [-0.3, -0.25) is 0 Å². The predicted octanol–water partition coefficient (Wildman–Crippen LogP) is 3.89. The first-order chi connectivity index (χ1) is 13.2. The monoisotopic (exact) mass is 383 g/mol. The minimum atomic E-state index is -0.476. The molecule has 0 atom stereocenters. The Morgan fingerprint density at radius 3 is 2.25 bits per heavy atom. The molecule has 0 aliphatic carbocycles. The van der Waals surface area contributed by atoms with Gasteiger partial charge in [0.25, 0.3) is 0 Å². The van der Waals surface area contributed by atoms with Crippen molar-refractivity contribution in [2.24, 2.45) is 0 Å². The number of benzene rings is 1. The SMILES string of the molecule is Cc1cc(C)nc(Nc2ccccc2N2CCN(C(=O)OC(C)(C)C)CC2)n1. The summed E-state index contributed by atoms with van der Waals surface area (Å²) in [7, 11) is 0. The van der Waals surface area contributed by atoms with Crippen LogP contribution in [-0.4, -0.2) is 52.7 Å². The van der Waals surface area contributed by atoms with Gasteiger partial charge in [-0.25, -0.2) is 14.8 Å². The highest BCUT2D eigenvalue weighted by Crippen LogP contribution is 2.29. The van der Waals surface area contributed by atoms with Crippen molar-refractivity contribution in [3.8, 4) is 0 Å². The van der Waals surface area contributed by atoms with Gasteiger partial charge in [-0.15, -0.1) is 0 Å². The molecule has 0 unspecified atom stereocenters. The van der Waals surface area contributed by atoms with Crippen LogP contribution in [0.15, 0.2) is 30.3 Å². The molecule has 1 amide bonds. The third kappa shape index (κ3) is 5.12. The molecule has 1 aromatic carbocycles. The van der Waals surface area contributed by atoms with E-state index in [1.54, 1.807) is 4.90 Å². The molecule has 2 aromatic rings. The number of carbonyl (C=O) groups is 1. The van der Waals surface area contributed by atoms with E-state index in [0.717, 1.165) is 35.9 Å². The Morgan fingerprint density at radius 2 is 1.64 bits per heavy atom. The smallest absolute Gasteiger partial charge is 0.410 e. The summed E-state index contributed by atoms with van der Waals surface area (Å²) in [6.45, 7) is 12.3. The van der Waals surface area contributed by atoms with E-state index in [1.807, 2.05) is 58.9 Å². The van der Waals surface area contributed by atoms with Gasteiger partial charge in [0, 0.05) is 37.6 Å². The van der Waals surface area contributed by atoms with Crippen LogP contribution in [0.1, 0.15) is 32.2 Å². The number of aryl methyl sites for hydroxylation is 2. The number of hydrogen-bond acceptors (Lipinski definition) is 6. The van der Waals surface area contributed by atoms with Crippen molar-refractivity contribution in [2.75, 3.05) is 36.4 Å². The summed E-state index contributed by atoms with van der Waals surface area (Å²) in [6.07, 6.45) is -0.248. The Hall–Kier alpha value is -2.83. The largest absolute Gasteiger partial charge is 0.444 e. The number of piperazine rings is 1. The first-order valence-corrected chi connectivity index (χ1v) is 9.62. The molecule has 1 aliphatic heterocycles. The van der Waals surface area contributed by atoms with E-state index >= 15 is 0 Å². The van der Waals surface area contributed by atoms with Crippen LogP contribution in [0.25, 0.3) is 0 Å². The molecule has 0 saturated carbocycles. The predicted molar refractivity (Wildman–Crippen MR) is 111 cm³/mol. The molecule has 1 aliphatic rings. The number of nitrogens with zero attached hydrogens (tertiary/aromatic N) is 4. The van der Waals surface area contributed by atoms with E-state index < -0.39 is 5.60 Å². The van der Waals surface area contributed by atoms with Crippen molar-refractivity contribution in [1.29, 1.82) is 0 Å². The lowest BCUT2D eigenvalue weighted by Crippen LogP contribution is -2.50. The molecular formula is C21H29N5O2. The zero-order valence-electron chi connectivity index (χ0n) is 17.3. The third-order valence-electron chi connectivity index (χ3n) is 4.40. The minimum absolute atomic E-state index is 0.248. The van der Waals surface area contributed by atoms with Crippen LogP contribution in [0.5, 0.6) is 0 Å². The number of aromatic nitrogens is 2. The van der Waals surface area contributed by atoms with E-state index in [9.17, 15) is 4.79 Å². The average Bonchev–Trinajstić information content (AvgIpc) is 2.60. The van der Waals surface area contributed by atoms with Crippen molar-refractivity contribution < 1.29 is 9.53 Å². The standard InChI is InChI=1S/C21H29N5O2/c1-15-14-16(2)23-19(22-15)24-17-8-6-7-9-18(17)25-10-12-26(13-11-25)20(27)28-21(3,4)5/h6-9,14H,10-13H2,1-5H3,(H,22,23,24). The topological polar surface area (TPSA) is 70.6 Å². The summed E-state index contributed by atoms with van der Waals surface area (Å²) in [4.78, 5) is 25.3. The molecule has 3 rings (SSSR count). The molecule has 1 fully saturated rings. The summed E-state index contributed by atoms with van der Waals surface area (Å²) >= 11 is 0. The molecule has 1 N–H and O–H groups in total. The maximum atomic E-state index is 12.3. The quantitative estimate of drug-likeness (QED) is 0.867. The number of anilines is 3. The van der Waals surface area contributed by atoms with Crippen molar-refractivity contribution in [2.45, 2.75) is 40.2 Å². The molecule has 1 saturated heterocycles. The van der Waals surface area contributed by atoms with Crippen LogP contribution >= 0.6 is 0 Å². The van der Waals surface area contributed by atoms with Gasteiger partial charge in [0.05, 0.1) is 11.4 Å². The number of amides is 1. The lowest BCUT2D eigenvalue weighted by atomic mass is 10.2. The molecule has 2 heterocycles. The summed E-state index contributed by atoms with van der Waals surface area (Å²) in [5, 5.41) is 3.35. The van der Waals surface area contributed by atoms with Gasteiger partial charge < -0.3 is 19.9 Å². The normalized spacial score (nSPS) is 14.8. The molecule has 0 bridgehead atoms. The number of hydrogen-bond donors (Lipinski definition) is 1. The van der Waals surface area contributed by atoms with Crippen LogP contribution in [0.3, 0.4) is 0 Å². The summed E-state index contributed by atoms with van der Waals surface area (Å²) in [6, 6.07) is 10.1. The van der Waals surface area contributed by atoms with E-state index in [4.69, 9.17) is 4.74 Å². The molecule has 150 valence electrons. The molecule has 0 radical (unpaired) electrons. The molecule has 1 aromatic heterocycles. The van der Waals surface area contributed by atoms with Crippen LogP contribution in [0.2, 0.25) is 0 Å². The van der Waals surface area contributed by atoms with Crippen LogP contribution in [-0.2, 0) is 4.74 Å². The number of nitrogens with one attached hydrogen (secondary N) is 1. The van der Waals surface area contributed by atoms with Gasteiger partial charge in [-0.05, 0) is 52.8 Å². The highest BCUT2D eigenvalue weighted by Gasteiger charge is 2.26. The fourth-order valence-corrected chi connectivity index (χ4v) is 3.21. The summed E-state index contributed by atoms with van der Waals surface area (Å²) in [5.74, 6) is 0.595. The Kier molecular flexibility index (Phi) is 5.72. The Bertz CT molecular complexity index is 819. The molecular weight excluding hydrogens is 354 g/mol. The van der Waals surface area contributed by atoms with Crippen molar-refractivity contribution in [1.82, 2.24) is 14.9 Å². The van der Waals surface area contributed by atoms with Crippen LogP contribution < -0.4 is 10.2 Å². The maximum absolute atomic E-state index is 12.3. The van der Waals surface area contributed by atoms with Gasteiger partial charge in [-0.1, -0.05) is 12.1 Å². The maximum Gasteiger partial charge on any atom is 0.410 e. The lowest BCUT2D eigenvalue weighted by molar-refractivity contribution is 0.0240. The molecule has 7 nitrogen and oxygen atoms in total. The fraction of sp³-hybridized carbons (Fsp3) is 0.476. The van der Waals surface area contributed by atoms with Gasteiger partial charge >= 0.3 is 6.09 Å². The van der Waals surface area contributed by atoms with E-state index in [2.05, 4.69) is 26.3 Å². The lowest BCUT2D eigenvalue weighted by Gasteiger charge is -2.37. The van der Waals surface area contributed by atoms with E-state index in [1.165, 1.54) is 0 Å². The third-order valence-corrected chi connectivity index (χ3v) is 4.40. The van der Waals surface area contributed by atoms with E-state index in [0.29, 0.717) is 19.0 Å². The summed E-state index contributed by atoms with van der Waals surface area (Å²) < 4.78 is 5.48. The Morgan fingerprint density at radius 1 is 1.04 bits per heavy atom. The Balaban J connectivity index is 1.69. The van der Waals surface area contributed by atoms with Crippen LogP contribution in [0, 0.1) is 13.8 Å². The summed E-state index contributed by atoms with van der Waals surface area (Å²) in [5.41, 5.74) is 3.42. The number of rotatable bonds is 3. The van der Waals surface area contributed by atoms with Gasteiger partial charge in [0.2, 0.25) is 5.95 Å². The second-order valence-electron chi connectivity index (χ2n) is 8.07. The van der Waals surface area contributed by atoms with Crippen LogP contribution in [0.4, 0.5) is 22.1 Å². The van der Waals surface area contributed by atoms with Crippen molar-refractivity contribution >= 4 is 23.4 Å². The second kappa shape index (κ2) is 8.04. The Labute approximate surface area is 166 Å². The zero-order chi connectivity index (χ0) is 20.3. The number of ether oxygens (including phenoxy) is 1. The van der Waals surface area contributed by atoms with E-state index in [-0.39, 0.29) is 6.09 Å². The number of para-hydroxylation sites is 2. The number of carbonyl (C=O) groups excluding carboxylic acids is 1. The first kappa shape index (κ1) is 19.9. The molecule has 0 spiro atoms.